The van der Waals surface area contributed by atoms with Crippen LogP contribution in [-0.2, 0) is 19.1 Å². The summed E-state index contributed by atoms with van der Waals surface area (Å²) in [5.41, 5.74) is 2.42. The number of ether oxygens (including phenoxy) is 1. The van der Waals surface area contributed by atoms with Crippen LogP contribution in [-0.4, -0.2) is 35.6 Å². The fourth-order valence-corrected chi connectivity index (χ4v) is 1.65. The van der Waals surface area contributed by atoms with Gasteiger partial charge >= 0.3 is 11.9 Å². The summed E-state index contributed by atoms with van der Waals surface area (Å²) in [5.74, 6) is -2.53. The van der Waals surface area contributed by atoms with Crippen molar-refractivity contribution in [3.63, 3.8) is 0 Å². The van der Waals surface area contributed by atoms with Crippen LogP contribution >= 0.6 is 0 Å². The highest BCUT2D eigenvalue weighted by molar-refractivity contribution is 5.85. The second kappa shape index (κ2) is 10.6. The third-order valence-corrected chi connectivity index (χ3v) is 2.80. The summed E-state index contributed by atoms with van der Waals surface area (Å²) < 4.78 is 4.56. The zero-order valence-electron chi connectivity index (χ0n) is 13.6. The number of carbonyl (C=O) groups is 3. The van der Waals surface area contributed by atoms with Gasteiger partial charge in [0.25, 0.3) is 0 Å². The van der Waals surface area contributed by atoms with E-state index in [1.807, 2.05) is 26.8 Å². The third kappa shape index (κ3) is 10.7. The summed E-state index contributed by atoms with van der Waals surface area (Å²) in [6.07, 6.45) is 4.06. The van der Waals surface area contributed by atoms with E-state index in [1.54, 1.807) is 0 Å². The van der Waals surface area contributed by atoms with E-state index in [1.165, 1.54) is 5.57 Å². The minimum atomic E-state index is -1.44. The maximum Gasteiger partial charge on any atom is 0.345 e. The van der Waals surface area contributed by atoms with Gasteiger partial charge in [0.05, 0.1) is 6.42 Å². The quantitative estimate of drug-likeness (QED) is 0.503. The molecule has 0 spiro atoms. The number of aliphatic carboxylic acids is 1. The molecule has 0 bridgehead atoms. The van der Waals surface area contributed by atoms with Crippen LogP contribution in [0.1, 0.15) is 47.0 Å². The van der Waals surface area contributed by atoms with E-state index in [-0.39, 0.29) is 6.42 Å². The van der Waals surface area contributed by atoms with Crippen LogP contribution < -0.4 is 5.32 Å². The first-order valence-corrected chi connectivity index (χ1v) is 7.18. The summed E-state index contributed by atoms with van der Waals surface area (Å²) in [7, 11) is 0. The van der Waals surface area contributed by atoms with E-state index in [2.05, 4.69) is 16.1 Å². The Bertz CT molecular complexity index is 461. The molecule has 0 heterocycles. The van der Waals surface area contributed by atoms with Crippen molar-refractivity contribution in [2.75, 3.05) is 6.54 Å². The van der Waals surface area contributed by atoms with E-state index < -0.39 is 23.9 Å². The molecule has 1 atom stereocenters. The third-order valence-electron chi connectivity index (χ3n) is 2.80. The molecule has 6 heteroatoms. The topological polar surface area (TPSA) is 92.7 Å². The lowest BCUT2D eigenvalue weighted by atomic mass is 10.1. The molecule has 1 amide bonds. The first-order chi connectivity index (χ1) is 10.2. The van der Waals surface area contributed by atoms with Crippen LogP contribution in [0.2, 0.25) is 0 Å². The SMILES string of the molecule is CC(=O)OC(CC(=O)NC/C=C(\C)CCC=C(C)C)C(=O)O. The molecule has 0 saturated heterocycles. The van der Waals surface area contributed by atoms with Crippen LogP contribution in [0.25, 0.3) is 0 Å². The molecule has 0 aromatic rings. The van der Waals surface area contributed by atoms with Crippen molar-refractivity contribution in [1.29, 1.82) is 0 Å². The second-order valence-electron chi connectivity index (χ2n) is 5.32. The number of nitrogens with one attached hydrogen (secondary N) is 1. The predicted octanol–water partition coefficient (Wildman–Crippen LogP) is 2.20. The molecule has 0 aromatic heterocycles. The van der Waals surface area contributed by atoms with Crippen LogP contribution in [0.5, 0.6) is 0 Å². The zero-order valence-corrected chi connectivity index (χ0v) is 13.6. The monoisotopic (exact) mass is 311 g/mol. The minimum Gasteiger partial charge on any atom is -0.478 e. The minimum absolute atomic E-state index is 0.325. The average Bonchev–Trinajstić information content (AvgIpc) is 2.36. The molecule has 22 heavy (non-hydrogen) atoms. The molecular weight excluding hydrogens is 286 g/mol. The summed E-state index contributed by atoms with van der Waals surface area (Å²) in [6.45, 7) is 7.49. The van der Waals surface area contributed by atoms with Crippen molar-refractivity contribution in [2.45, 2.75) is 53.1 Å². The number of rotatable bonds is 9. The zero-order chi connectivity index (χ0) is 17.1. The Balaban J connectivity index is 4.18. The average molecular weight is 311 g/mol. The van der Waals surface area contributed by atoms with E-state index in [9.17, 15) is 14.4 Å². The number of carboxylic acid groups (broad SMARTS) is 1. The Labute approximate surface area is 131 Å². The Morgan fingerprint density at radius 3 is 2.27 bits per heavy atom. The molecule has 0 aliphatic rings. The molecular formula is C16H25NO5. The van der Waals surface area contributed by atoms with Gasteiger partial charge in [0.1, 0.15) is 0 Å². The molecule has 1 unspecified atom stereocenters. The highest BCUT2D eigenvalue weighted by atomic mass is 16.6. The Kier molecular flexibility index (Phi) is 9.58. The first kappa shape index (κ1) is 19.9. The fourth-order valence-electron chi connectivity index (χ4n) is 1.65. The first-order valence-electron chi connectivity index (χ1n) is 7.18. The van der Waals surface area contributed by atoms with Crippen LogP contribution in [0, 0.1) is 0 Å². The maximum absolute atomic E-state index is 11.6. The van der Waals surface area contributed by atoms with Crippen molar-refractivity contribution < 1.29 is 24.2 Å². The normalized spacial score (nSPS) is 12.3. The van der Waals surface area contributed by atoms with E-state index in [0.717, 1.165) is 25.3 Å². The van der Waals surface area contributed by atoms with E-state index in [4.69, 9.17) is 5.11 Å². The number of carboxylic acids is 1. The number of carbonyl (C=O) groups excluding carboxylic acids is 2. The van der Waals surface area contributed by atoms with Crippen molar-refractivity contribution in [2.24, 2.45) is 0 Å². The molecule has 0 rings (SSSR count). The van der Waals surface area contributed by atoms with Gasteiger partial charge in [0.2, 0.25) is 12.0 Å². The van der Waals surface area contributed by atoms with Gasteiger partial charge in [-0.1, -0.05) is 23.3 Å². The molecule has 0 aliphatic heterocycles. The van der Waals surface area contributed by atoms with Crippen LogP contribution in [0.4, 0.5) is 0 Å². The van der Waals surface area contributed by atoms with Gasteiger partial charge in [0, 0.05) is 13.5 Å². The number of hydrogen-bond donors (Lipinski definition) is 2. The maximum atomic E-state index is 11.6. The highest BCUT2D eigenvalue weighted by Crippen LogP contribution is 2.06. The van der Waals surface area contributed by atoms with Gasteiger partial charge in [-0.15, -0.1) is 0 Å². The molecule has 124 valence electrons. The molecule has 0 radical (unpaired) electrons. The largest absolute Gasteiger partial charge is 0.478 e. The van der Waals surface area contributed by atoms with Crippen LogP contribution in [0.3, 0.4) is 0 Å². The Morgan fingerprint density at radius 2 is 1.77 bits per heavy atom. The standard InChI is InChI=1S/C16H25NO5/c1-11(2)6-5-7-12(3)8-9-17-15(19)10-14(16(20)21)22-13(4)18/h6,8,14H,5,7,9-10H2,1-4H3,(H,17,19)(H,20,21)/b12-8+. The van der Waals surface area contributed by atoms with Gasteiger partial charge < -0.3 is 15.2 Å². The number of allylic oxidation sites excluding steroid dienone is 3. The Morgan fingerprint density at radius 1 is 1.14 bits per heavy atom. The highest BCUT2D eigenvalue weighted by Gasteiger charge is 2.23. The summed E-state index contributed by atoms with van der Waals surface area (Å²) in [6, 6.07) is 0. The van der Waals surface area contributed by atoms with Crippen LogP contribution in [0.15, 0.2) is 23.3 Å². The van der Waals surface area contributed by atoms with Gasteiger partial charge in [-0.05, 0) is 33.6 Å². The van der Waals surface area contributed by atoms with Crippen molar-refractivity contribution in [1.82, 2.24) is 5.32 Å². The molecule has 0 aliphatic carbocycles. The molecule has 0 saturated carbocycles. The summed E-state index contributed by atoms with van der Waals surface area (Å²) in [4.78, 5) is 33.2. The van der Waals surface area contributed by atoms with Gasteiger partial charge in [-0.3, -0.25) is 9.59 Å². The summed E-state index contributed by atoms with van der Waals surface area (Å²) in [5, 5.41) is 11.4. The van der Waals surface area contributed by atoms with E-state index >= 15 is 0 Å². The summed E-state index contributed by atoms with van der Waals surface area (Å²) >= 11 is 0. The number of esters is 1. The van der Waals surface area contributed by atoms with Gasteiger partial charge in [-0.2, -0.15) is 0 Å². The smallest absolute Gasteiger partial charge is 0.345 e. The van der Waals surface area contributed by atoms with E-state index in [0.29, 0.717) is 6.54 Å². The number of hydrogen-bond acceptors (Lipinski definition) is 4. The second-order valence-corrected chi connectivity index (χ2v) is 5.32. The van der Waals surface area contributed by atoms with Crippen molar-refractivity contribution >= 4 is 17.8 Å². The fraction of sp³-hybridized carbons (Fsp3) is 0.562. The lowest BCUT2D eigenvalue weighted by Crippen LogP contribution is -2.34. The molecule has 0 aromatic carbocycles. The molecule has 2 N–H and O–H groups in total. The predicted molar refractivity (Wildman–Crippen MR) is 83.2 cm³/mol. The van der Waals surface area contributed by atoms with Gasteiger partial charge in [0.15, 0.2) is 0 Å². The lowest BCUT2D eigenvalue weighted by Gasteiger charge is -2.11. The number of amides is 1. The molecule has 6 nitrogen and oxygen atoms in total. The van der Waals surface area contributed by atoms with Crippen molar-refractivity contribution in [3.05, 3.63) is 23.3 Å². The Hall–Kier alpha value is -2.11. The van der Waals surface area contributed by atoms with Crippen molar-refractivity contribution in [3.8, 4) is 0 Å². The molecule has 0 fully saturated rings. The lowest BCUT2D eigenvalue weighted by molar-refractivity contribution is -0.164. The van der Waals surface area contributed by atoms with Gasteiger partial charge in [-0.25, -0.2) is 4.79 Å².